The summed E-state index contributed by atoms with van der Waals surface area (Å²) in [5.74, 6) is -1.32. The maximum atomic E-state index is 13.0. The molecule has 0 heterocycles. The number of carbonyl (C=O) groups excluding carboxylic acids is 2. The summed E-state index contributed by atoms with van der Waals surface area (Å²) in [7, 11) is -10.7. The van der Waals surface area contributed by atoms with Crippen molar-refractivity contribution in [2.45, 2.75) is 178 Å². The zero-order valence-corrected chi connectivity index (χ0v) is 41.5. The van der Waals surface area contributed by atoms with Gasteiger partial charge in [-0.2, -0.15) is 0 Å². The van der Waals surface area contributed by atoms with Gasteiger partial charge in [0.2, 0.25) is 0 Å². The van der Waals surface area contributed by atoms with Gasteiger partial charge in [-0.3, -0.25) is 23.2 Å². The number of hydrogen-bond acceptors (Lipinski definition) is 14. The molecule has 1 saturated carbocycles. The number of aliphatic hydroxyl groups is 5. The summed E-state index contributed by atoms with van der Waals surface area (Å²) < 4.78 is 49.3. The first-order chi connectivity index (χ1) is 32.6. The first-order valence-corrected chi connectivity index (χ1v) is 26.9. The standard InChI is InChI=1S/C49H80O17P2/c1-2-3-4-5-6-7-8-9-10-12-15-18-21-24-27-30-33-36-42(51)62-39-41(40-63-68(60,61)66-49-46(55)44(53)45(54)48(47(49)56)65-67(57,58)59)64-43(52)37-34-31-28-25-22-19-16-13-11-14-17-20-23-26-29-32-35-38-50/h3-4,6-7,9-11,14-16,18-20,23,25,28,41,44-50,53-56H,2,5,8,12-13,17,21-22,24,26-27,29-40H2,1H3,(H,60,61)(H2,57,58,59)/b4-3-,7-6-,10-9-,14-11-,18-15-,19-16-,23-20-,28-25-/t41-,44?,45?,46?,47?,48-,49+/m1/s1. The van der Waals surface area contributed by atoms with Gasteiger partial charge in [0.15, 0.2) is 6.10 Å². The fourth-order valence-electron chi connectivity index (χ4n) is 6.52. The van der Waals surface area contributed by atoms with E-state index in [4.69, 9.17) is 23.6 Å². The van der Waals surface area contributed by atoms with Crippen molar-refractivity contribution in [3.05, 3.63) is 97.2 Å². The molecule has 0 bridgehead atoms. The minimum absolute atomic E-state index is 0.0532. The summed E-state index contributed by atoms with van der Waals surface area (Å²) in [5, 5.41) is 50.1. The third-order valence-electron chi connectivity index (χ3n) is 10.2. The Kier molecular flexibility index (Phi) is 36.6. The summed E-state index contributed by atoms with van der Waals surface area (Å²) in [6, 6.07) is 0. The number of unbranched alkanes of at least 4 members (excludes halogenated alkanes) is 8. The van der Waals surface area contributed by atoms with Crippen molar-refractivity contribution >= 4 is 27.6 Å². The normalized spacial score (nSPS) is 22.1. The lowest BCUT2D eigenvalue weighted by Crippen LogP contribution is -2.64. The van der Waals surface area contributed by atoms with Crippen LogP contribution in [0.2, 0.25) is 0 Å². The van der Waals surface area contributed by atoms with Gasteiger partial charge in [-0.25, -0.2) is 9.13 Å². The van der Waals surface area contributed by atoms with Crippen LogP contribution in [0.1, 0.15) is 135 Å². The maximum absolute atomic E-state index is 13.0. The van der Waals surface area contributed by atoms with Gasteiger partial charge in [0.1, 0.15) is 43.2 Å². The lowest BCUT2D eigenvalue weighted by atomic mass is 9.85. The van der Waals surface area contributed by atoms with Crippen molar-refractivity contribution in [1.29, 1.82) is 0 Å². The van der Waals surface area contributed by atoms with Crippen LogP contribution in [0.3, 0.4) is 0 Å². The van der Waals surface area contributed by atoms with Crippen LogP contribution < -0.4 is 0 Å². The first-order valence-electron chi connectivity index (χ1n) is 23.9. The summed E-state index contributed by atoms with van der Waals surface area (Å²) in [4.78, 5) is 54.3. The maximum Gasteiger partial charge on any atom is 0.472 e. The van der Waals surface area contributed by atoms with E-state index >= 15 is 0 Å². The van der Waals surface area contributed by atoms with Gasteiger partial charge < -0.3 is 49.7 Å². The smallest absolute Gasteiger partial charge is 0.462 e. The van der Waals surface area contributed by atoms with Gasteiger partial charge in [-0.15, -0.1) is 0 Å². The lowest BCUT2D eigenvalue weighted by Gasteiger charge is -2.43. The van der Waals surface area contributed by atoms with Gasteiger partial charge >= 0.3 is 27.6 Å². The summed E-state index contributed by atoms with van der Waals surface area (Å²) in [5.41, 5.74) is 0. The third kappa shape index (κ3) is 33.4. The summed E-state index contributed by atoms with van der Waals surface area (Å²) in [6.45, 7) is 0.922. The molecule has 1 fully saturated rings. The molecule has 0 saturated heterocycles. The van der Waals surface area contributed by atoms with Crippen molar-refractivity contribution in [2.24, 2.45) is 0 Å². The molecule has 1 aliphatic carbocycles. The monoisotopic (exact) mass is 1000 g/mol. The fraction of sp³-hybridized carbons (Fsp3) is 0.633. The predicted octanol–water partition coefficient (Wildman–Crippen LogP) is 8.14. The van der Waals surface area contributed by atoms with Crippen LogP contribution in [0, 0.1) is 0 Å². The quantitative estimate of drug-likeness (QED) is 0.0125. The molecule has 0 aliphatic heterocycles. The van der Waals surface area contributed by atoms with Crippen molar-refractivity contribution < 1.29 is 82.0 Å². The molecule has 17 nitrogen and oxygen atoms in total. The van der Waals surface area contributed by atoms with Crippen LogP contribution in [-0.4, -0.2) is 115 Å². The van der Waals surface area contributed by atoms with Crippen LogP contribution in [-0.2, 0) is 41.8 Å². The Balaban J connectivity index is 2.65. The number of carbonyl (C=O) groups is 2. The zero-order valence-electron chi connectivity index (χ0n) is 39.7. The molecule has 0 aromatic heterocycles. The van der Waals surface area contributed by atoms with Gasteiger partial charge in [-0.1, -0.05) is 123 Å². The Labute approximate surface area is 403 Å². The molecule has 68 heavy (non-hydrogen) atoms. The highest BCUT2D eigenvalue weighted by molar-refractivity contribution is 7.47. The van der Waals surface area contributed by atoms with Gasteiger partial charge in [0.25, 0.3) is 0 Å². The van der Waals surface area contributed by atoms with E-state index in [1.807, 2.05) is 18.2 Å². The van der Waals surface area contributed by atoms with Crippen molar-refractivity contribution in [3.8, 4) is 0 Å². The second-order valence-corrected chi connectivity index (χ2v) is 18.8. The molecule has 8 atom stereocenters. The second kappa shape index (κ2) is 39.6. The summed E-state index contributed by atoms with van der Waals surface area (Å²) >= 11 is 0. The van der Waals surface area contributed by atoms with Crippen molar-refractivity contribution in [1.82, 2.24) is 0 Å². The van der Waals surface area contributed by atoms with E-state index in [0.717, 1.165) is 89.9 Å². The Morgan fingerprint density at radius 3 is 1.41 bits per heavy atom. The predicted molar refractivity (Wildman–Crippen MR) is 261 cm³/mol. The molecule has 0 radical (unpaired) electrons. The average Bonchev–Trinajstić information content (AvgIpc) is 3.29. The minimum Gasteiger partial charge on any atom is -0.462 e. The average molecular weight is 1000 g/mol. The van der Waals surface area contributed by atoms with E-state index in [1.54, 1.807) is 0 Å². The van der Waals surface area contributed by atoms with Crippen LogP contribution in [0.25, 0.3) is 0 Å². The van der Waals surface area contributed by atoms with Gasteiger partial charge in [0, 0.05) is 19.4 Å². The molecule has 0 spiro atoms. The molecule has 388 valence electrons. The molecule has 0 amide bonds. The lowest BCUT2D eigenvalue weighted by molar-refractivity contribution is -0.216. The van der Waals surface area contributed by atoms with E-state index in [9.17, 15) is 53.8 Å². The second-order valence-electron chi connectivity index (χ2n) is 16.2. The van der Waals surface area contributed by atoms with Crippen LogP contribution >= 0.6 is 15.6 Å². The molecule has 5 unspecified atom stereocenters. The first kappa shape index (κ1) is 62.9. The Hall–Kier alpha value is -3.12. The zero-order chi connectivity index (χ0) is 50.3. The molecule has 19 heteroatoms. The molecular weight excluding hydrogens is 922 g/mol. The number of aliphatic hydroxyl groups excluding tert-OH is 5. The topological polar surface area (TPSA) is 276 Å². The third-order valence-corrected chi connectivity index (χ3v) is 11.7. The van der Waals surface area contributed by atoms with Crippen LogP contribution in [0.15, 0.2) is 97.2 Å². The number of esters is 2. The molecule has 0 aromatic rings. The largest absolute Gasteiger partial charge is 0.472 e. The van der Waals surface area contributed by atoms with Crippen LogP contribution in [0.5, 0.6) is 0 Å². The summed E-state index contributed by atoms with van der Waals surface area (Å²) in [6.07, 6.45) is 33.8. The number of allylic oxidation sites excluding steroid dienone is 16. The molecule has 8 N–H and O–H groups in total. The number of phosphoric acid groups is 2. The van der Waals surface area contributed by atoms with E-state index in [0.29, 0.717) is 25.7 Å². The van der Waals surface area contributed by atoms with Crippen LogP contribution in [0.4, 0.5) is 0 Å². The minimum atomic E-state index is -5.38. The van der Waals surface area contributed by atoms with Crippen molar-refractivity contribution in [3.63, 3.8) is 0 Å². The Bertz CT molecular complexity index is 1680. The number of ether oxygens (including phenoxy) is 2. The molecule has 1 rings (SSSR count). The molecular formula is C49H80O17P2. The molecule has 0 aromatic carbocycles. The molecule has 1 aliphatic rings. The highest BCUT2D eigenvalue weighted by Gasteiger charge is 2.54. The Morgan fingerprint density at radius 2 is 0.926 bits per heavy atom. The van der Waals surface area contributed by atoms with E-state index in [2.05, 4.69) is 90.4 Å². The van der Waals surface area contributed by atoms with E-state index < -0.39 is 83.5 Å². The van der Waals surface area contributed by atoms with Gasteiger partial charge in [-0.05, 0) is 96.3 Å². The van der Waals surface area contributed by atoms with Crippen molar-refractivity contribution in [2.75, 3.05) is 19.8 Å². The van der Waals surface area contributed by atoms with Gasteiger partial charge in [0.05, 0.1) is 6.61 Å². The SMILES string of the molecule is CC/C=C\C/C=C\C/C=C\C/C=C\CCCCCCC(=O)OC[C@H](COP(=O)(O)O[C@H]1C(O)C(O)C(O)[C@@H](OP(=O)(O)O)C1O)OC(=O)CCC/C=C\C/C=C\C/C=C\C/C=C\CCCCCO. The number of rotatable bonds is 39. The number of hydrogen-bond donors (Lipinski definition) is 8. The number of phosphoric ester groups is 2. The van der Waals surface area contributed by atoms with E-state index in [1.165, 1.54) is 0 Å². The fourth-order valence-corrected chi connectivity index (χ4v) is 8.06. The highest BCUT2D eigenvalue weighted by Crippen LogP contribution is 2.49. The highest BCUT2D eigenvalue weighted by atomic mass is 31.2. The van der Waals surface area contributed by atoms with E-state index in [-0.39, 0.29) is 19.4 Å². The Morgan fingerprint density at radius 1 is 0.500 bits per heavy atom.